The molecule has 0 unspecified atom stereocenters. The standard InChI is InChI=1S/C17H12F6N4S/c1-28-15-25-14(11-2-4-12(5-3-11)16(18,19)20)26-27(15)9-10-6-7-24-13(8-10)17(21,22)23/h2-8H,9H2,1H3. The van der Waals surface area contributed by atoms with Crippen molar-refractivity contribution in [2.75, 3.05) is 6.26 Å². The Kier molecular flexibility index (Phi) is 5.37. The maximum absolute atomic E-state index is 12.8. The number of nitrogens with zero attached hydrogens (tertiary/aromatic N) is 4. The molecule has 0 spiro atoms. The third-order valence-electron chi connectivity index (χ3n) is 3.74. The van der Waals surface area contributed by atoms with Gasteiger partial charge in [0.15, 0.2) is 11.0 Å². The van der Waals surface area contributed by atoms with Gasteiger partial charge in [-0.3, -0.25) is 4.98 Å². The molecule has 0 saturated carbocycles. The molecule has 1 aromatic carbocycles. The second-order valence-corrected chi connectivity index (χ2v) is 6.48. The average molecular weight is 418 g/mol. The fraction of sp³-hybridized carbons (Fsp3) is 0.235. The Morgan fingerprint density at radius 2 is 1.64 bits per heavy atom. The zero-order valence-corrected chi connectivity index (χ0v) is 15.0. The molecule has 0 bridgehead atoms. The smallest absolute Gasteiger partial charge is 0.252 e. The predicted octanol–water partition coefficient (Wildman–Crippen LogP) is 5.15. The molecule has 4 nitrogen and oxygen atoms in total. The molecule has 0 radical (unpaired) electrons. The van der Waals surface area contributed by atoms with Crippen molar-refractivity contribution in [3.63, 3.8) is 0 Å². The van der Waals surface area contributed by atoms with Gasteiger partial charge in [0.25, 0.3) is 0 Å². The number of alkyl halides is 6. The third kappa shape index (κ3) is 4.46. The van der Waals surface area contributed by atoms with Gasteiger partial charge < -0.3 is 0 Å². The van der Waals surface area contributed by atoms with E-state index < -0.39 is 23.6 Å². The van der Waals surface area contributed by atoms with Gasteiger partial charge >= 0.3 is 12.4 Å². The highest BCUT2D eigenvalue weighted by atomic mass is 32.2. The van der Waals surface area contributed by atoms with Crippen LogP contribution in [0.3, 0.4) is 0 Å². The van der Waals surface area contributed by atoms with Crippen LogP contribution in [0.2, 0.25) is 0 Å². The Balaban J connectivity index is 1.89. The molecule has 0 saturated heterocycles. The van der Waals surface area contributed by atoms with Crippen molar-refractivity contribution < 1.29 is 26.3 Å². The summed E-state index contributed by atoms with van der Waals surface area (Å²) in [6, 6.07) is 6.70. The number of hydrogen-bond donors (Lipinski definition) is 0. The minimum atomic E-state index is -4.56. The zero-order valence-electron chi connectivity index (χ0n) is 14.2. The molecule has 0 atom stereocenters. The molecule has 11 heteroatoms. The summed E-state index contributed by atoms with van der Waals surface area (Å²) >= 11 is 1.22. The topological polar surface area (TPSA) is 43.6 Å². The van der Waals surface area contributed by atoms with Crippen molar-refractivity contribution in [3.8, 4) is 11.4 Å². The maximum Gasteiger partial charge on any atom is 0.433 e. The lowest BCUT2D eigenvalue weighted by atomic mass is 10.1. The van der Waals surface area contributed by atoms with E-state index in [1.807, 2.05) is 0 Å². The lowest BCUT2D eigenvalue weighted by molar-refractivity contribution is -0.141. The highest BCUT2D eigenvalue weighted by molar-refractivity contribution is 7.98. The molecule has 3 rings (SSSR count). The van der Waals surface area contributed by atoms with Crippen molar-refractivity contribution in [3.05, 3.63) is 59.4 Å². The molecule has 0 aliphatic rings. The van der Waals surface area contributed by atoms with E-state index in [0.29, 0.717) is 16.3 Å². The molecular weight excluding hydrogens is 406 g/mol. The Labute approximate surface area is 159 Å². The van der Waals surface area contributed by atoms with Gasteiger partial charge in [0.05, 0.1) is 12.1 Å². The minimum absolute atomic E-state index is 0.00933. The van der Waals surface area contributed by atoms with Gasteiger partial charge in [-0.05, 0) is 36.1 Å². The number of pyridine rings is 1. The van der Waals surface area contributed by atoms with Crippen LogP contribution in [-0.4, -0.2) is 26.0 Å². The summed E-state index contributed by atoms with van der Waals surface area (Å²) < 4.78 is 77.9. The summed E-state index contributed by atoms with van der Waals surface area (Å²) in [4.78, 5) is 7.56. The van der Waals surface area contributed by atoms with Crippen LogP contribution in [0.4, 0.5) is 26.3 Å². The van der Waals surface area contributed by atoms with Crippen LogP contribution in [0.5, 0.6) is 0 Å². The number of benzene rings is 1. The SMILES string of the molecule is CSc1nc(-c2ccc(C(F)(F)F)cc2)nn1Cc1ccnc(C(F)(F)F)c1. The second kappa shape index (κ2) is 7.46. The van der Waals surface area contributed by atoms with Crippen LogP contribution in [0.25, 0.3) is 11.4 Å². The Morgan fingerprint density at radius 1 is 0.964 bits per heavy atom. The minimum Gasteiger partial charge on any atom is -0.252 e. The molecule has 28 heavy (non-hydrogen) atoms. The van der Waals surface area contributed by atoms with Gasteiger partial charge in [-0.1, -0.05) is 23.9 Å². The number of aromatic nitrogens is 4. The first kappa shape index (κ1) is 20.2. The lowest BCUT2D eigenvalue weighted by Crippen LogP contribution is -2.10. The van der Waals surface area contributed by atoms with E-state index >= 15 is 0 Å². The highest BCUT2D eigenvalue weighted by Gasteiger charge is 2.32. The van der Waals surface area contributed by atoms with Gasteiger partial charge in [0.2, 0.25) is 0 Å². The molecular formula is C17H12F6N4S. The molecule has 0 aliphatic heterocycles. The molecule has 2 aromatic heterocycles. The average Bonchev–Trinajstić information content (AvgIpc) is 3.03. The van der Waals surface area contributed by atoms with E-state index in [9.17, 15) is 26.3 Å². The van der Waals surface area contributed by atoms with Crippen molar-refractivity contribution in [2.24, 2.45) is 0 Å². The summed E-state index contributed by atoms with van der Waals surface area (Å²) in [6.07, 6.45) is -6.24. The van der Waals surface area contributed by atoms with Crippen LogP contribution in [-0.2, 0) is 18.9 Å². The van der Waals surface area contributed by atoms with Gasteiger partial charge in [-0.15, -0.1) is 5.10 Å². The van der Waals surface area contributed by atoms with E-state index in [1.54, 1.807) is 6.26 Å². The van der Waals surface area contributed by atoms with E-state index in [0.717, 1.165) is 24.4 Å². The van der Waals surface area contributed by atoms with E-state index in [4.69, 9.17) is 0 Å². The molecule has 0 aliphatic carbocycles. The molecule has 0 amide bonds. The summed E-state index contributed by atoms with van der Waals surface area (Å²) in [7, 11) is 0. The lowest BCUT2D eigenvalue weighted by Gasteiger charge is -2.08. The largest absolute Gasteiger partial charge is 0.433 e. The van der Waals surface area contributed by atoms with Gasteiger partial charge in [-0.2, -0.15) is 26.3 Å². The summed E-state index contributed by atoms with van der Waals surface area (Å²) in [5.74, 6) is 0.183. The van der Waals surface area contributed by atoms with E-state index in [1.165, 1.54) is 34.6 Å². The highest BCUT2D eigenvalue weighted by Crippen LogP contribution is 2.31. The number of rotatable bonds is 4. The van der Waals surface area contributed by atoms with Crippen molar-refractivity contribution in [1.82, 2.24) is 19.7 Å². The van der Waals surface area contributed by atoms with Crippen LogP contribution in [0.1, 0.15) is 16.8 Å². The van der Waals surface area contributed by atoms with Crippen molar-refractivity contribution in [2.45, 2.75) is 24.1 Å². The summed E-state index contributed by atoms with van der Waals surface area (Å²) in [5.41, 5.74) is -1.12. The fourth-order valence-electron chi connectivity index (χ4n) is 2.41. The van der Waals surface area contributed by atoms with Gasteiger partial charge in [0.1, 0.15) is 5.69 Å². The summed E-state index contributed by atoms with van der Waals surface area (Å²) in [6.45, 7) is 0.00933. The molecule has 0 fully saturated rings. The first-order chi connectivity index (χ1) is 13.1. The zero-order chi connectivity index (χ0) is 20.5. The van der Waals surface area contributed by atoms with Crippen LogP contribution in [0, 0.1) is 0 Å². The Bertz CT molecular complexity index is 963. The van der Waals surface area contributed by atoms with Crippen LogP contribution >= 0.6 is 11.8 Å². The Morgan fingerprint density at radius 3 is 2.21 bits per heavy atom. The quantitative estimate of drug-likeness (QED) is 0.434. The number of thioether (sulfide) groups is 1. The fourth-order valence-corrected chi connectivity index (χ4v) is 2.91. The third-order valence-corrected chi connectivity index (χ3v) is 4.41. The number of hydrogen-bond acceptors (Lipinski definition) is 4. The van der Waals surface area contributed by atoms with Crippen LogP contribution < -0.4 is 0 Å². The van der Waals surface area contributed by atoms with Gasteiger partial charge in [-0.25, -0.2) is 9.67 Å². The molecule has 3 aromatic rings. The second-order valence-electron chi connectivity index (χ2n) is 5.70. The van der Waals surface area contributed by atoms with Crippen LogP contribution in [0.15, 0.2) is 47.8 Å². The van der Waals surface area contributed by atoms with Crippen molar-refractivity contribution in [1.29, 1.82) is 0 Å². The van der Waals surface area contributed by atoms with E-state index in [2.05, 4.69) is 15.1 Å². The first-order valence-electron chi connectivity index (χ1n) is 7.76. The van der Waals surface area contributed by atoms with Gasteiger partial charge in [0, 0.05) is 11.8 Å². The first-order valence-corrected chi connectivity index (χ1v) is 8.99. The molecule has 2 heterocycles. The molecule has 0 N–H and O–H groups in total. The monoisotopic (exact) mass is 418 g/mol. The Hall–Kier alpha value is -2.56. The normalized spacial score (nSPS) is 12.4. The summed E-state index contributed by atoms with van der Waals surface area (Å²) in [5, 5.41) is 4.65. The maximum atomic E-state index is 12.8. The van der Waals surface area contributed by atoms with Crippen molar-refractivity contribution >= 4 is 11.8 Å². The predicted molar refractivity (Wildman–Crippen MR) is 90.6 cm³/mol. The molecule has 148 valence electrons. The number of halogens is 6. The van der Waals surface area contributed by atoms with E-state index in [-0.39, 0.29) is 12.4 Å².